The third-order valence-electron chi connectivity index (χ3n) is 7.87. The number of hydrogen-bond donors (Lipinski definition) is 0. The second-order valence-corrected chi connectivity index (χ2v) is 15.3. The van der Waals surface area contributed by atoms with Gasteiger partial charge in [-0.15, -0.1) is 0 Å². The Kier molecular flexibility index (Phi) is 19.6. The summed E-state index contributed by atoms with van der Waals surface area (Å²) in [6, 6.07) is 49.5. The molecule has 0 fully saturated rings. The van der Waals surface area contributed by atoms with Crippen molar-refractivity contribution in [3.63, 3.8) is 0 Å². The van der Waals surface area contributed by atoms with E-state index in [1.54, 1.807) is 42.7 Å². The van der Waals surface area contributed by atoms with Gasteiger partial charge in [0.1, 0.15) is 34.5 Å². The Hall–Kier alpha value is -3.93. The minimum atomic E-state index is -0.752. The fraction of sp³-hybridized carbons (Fsp3) is 0.143. The first-order chi connectivity index (χ1) is 24.5. The molecule has 0 aliphatic rings. The van der Waals surface area contributed by atoms with Crippen LogP contribution in [0, 0.1) is 0 Å². The zero-order chi connectivity index (χ0) is 35.3. The van der Waals surface area contributed by atoms with Crippen LogP contribution in [0.3, 0.4) is 0 Å². The quantitative estimate of drug-likeness (QED) is 0.172. The van der Waals surface area contributed by atoms with Crippen molar-refractivity contribution >= 4 is 47.7 Å². The molecule has 6 aromatic rings. The number of ether oxygens (including phenoxy) is 6. The predicted octanol–water partition coefficient (Wildman–Crippen LogP) is 0.947. The van der Waals surface area contributed by atoms with Crippen molar-refractivity contribution in [1.29, 1.82) is 0 Å². The topological polar surface area (TPSA) is 55.4 Å². The average Bonchev–Trinajstić information content (AvgIpc) is 3.19. The Labute approximate surface area is 338 Å². The Balaban J connectivity index is 0.000000347. The van der Waals surface area contributed by atoms with Crippen LogP contribution in [0.1, 0.15) is 0 Å². The molecular weight excluding hydrogens is 792 g/mol. The fourth-order valence-electron chi connectivity index (χ4n) is 5.39. The molecule has 11 heteroatoms. The van der Waals surface area contributed by atoms with Gasteiger partial charge in [0.25, 0.3) is 0 Å². The molecule has 0 aromatic heterocycles. The number of rotatable bonds is 12. The zero-order valence-corrected chi connectivity index (χ0v) is 34.6. The second kappa shape index (κ2) is 23.0. The van der Waals surface area contributed by atoms with E-state index in [-0.39, 0.29) is 41.6 Å². The smallest absolute Gasteiger partial charge is 1.00 e. The summed E-state index contributed by atoms with van der Waals surface area (Å²) in [6.45, 7) is 0. The van der Waals surface area contributed by atoms with Gasteiger partial charge in [0.2, 0.25) is 0 Å². The van der Waals surface area contributed by atoms with Gasteiger partial charge in [0.05, 0.1) is 42.7 Å². The minimum Gasteiger partial charge on any atom is -1.00 e. The van der Waals surface area contributed by atoms with E-state index in [2.05, 4.69) is 72.8 Å². The molecule has 0 saturated heterocycles. The molecule has 279 valence electrons. The summed E-state index contributed by atoms with van der Waals surface area (Å²) in [6.07, 6.45) is 0. The van der Waals surface area contributed by atoms with Gasteiger partial charge in [0.15, 0.2) is 0 Å². The van der Waals surface area contributed by atoms with Gasteiger partial charge in [0, 0.05) is 0 Å². The summed E-state index contributed by atoms with van der Waals surface area (Å²) >= 11 is 0. The third kappa shape index (κ3) is 12.0. The first kappa shape index (κ1) is 45.2. The van der Waals surface area contributed by atoms with Gasteiger partial charge in [-0.1, -0.05) is 72.8 Å². The van der Waals surface area contributed by atoms with Gasteiger partial charge < -0.3 is 53.2 Å². The normalized spacial score (nSPS) is 9.96. The Bertz CT molecular complexity index is 1630. The molecular formula is C42H42Cl2CoO6P2. The van der Waals surface area contributed by atoms with Crippen molar-refractivity contribution < 1.29 is 70.0 Å². The average molecular weight is 835 g/mol. The molecule has 0 bridgehead atoms. The van der Waals surface area contributed by atoms with Crippen LogP contribution in [0.4, 0.5) is 0 Å². The van der Waals surface area contributed by atoms with Gasteiger partial charge >= 0.3 is 16.8 Å². The third-order valence-corrected chi connectivity index (χ3v) is 12.6. The standard InChI is InChI=1S/2C21H21O3P.2ClH.Co/c2*1-22-16-7-4-10-19(13-16)25(20-11-5-8-17(14-20)23-2)21-12-6-9-18(15-21)24-3;;;/h2*4-15H,1-3H3;2*1H;/q;;;;+2/p-2. The summed E-state index contributed by atoms with van der Waals surface area (Å²) in [7, 11) is 8.65. The molecule has 1 radical (unpaired) electrons. The second-order valence-electron chi connectivity index (χ2n) is 10.9. The molecule has 0 amide bonds. The number of hydrogen-bond acceptors (Lipinski definition) is 6. The van der Waals surface area contributed by atoms with Crippen molar-refractivity contribution in [3.05, 3.63) is 146 Å². The van der Waals surface area contributed by atoms with E-state index in [4.69, 9.17) is 28.4 Å². The molecule has 6 nitrogen and oxygen atoms in total. The van der Waals surface area contributed by atoms with Crippen molar-refractivity contribution in [2.75, 3.05) is 42.7 Å². The minimum absolute atomic E-state index is 0. The van der Waals surface area contributed by atoms with E-state index in [0.717, 1.165) is 34.5 Å². The molecule has 0 saturated carbocycles. The van der Waals surface area contributed by atoms with E-state index >= 15 is 0 Å². The summed E-state index contributed by atoms with van der Waals surface area (Å²) in [5.41, 5.74) is 0. The summed E-state index contributed by atoms with van der Waals surface area (Å²) in [5, 5.41) is 7.31. The van der Waals surface area contributed by atoms with Gasteiger partial charge in [-0.25, -0.2) is 0 Å². The molecule has 0 heterocycles. The maximum Gasteiger partial charge on any atom is 2.00 e. The molecule has 0 aliphatic heterocycles. The maximum absolute atomic E-state index is 5.43. The number of methoxy groups -OCH3 is 6. The maximum atomic E-state index is 5.43. The van der Waals surface area contributed by atoms with Crippen molar-refractivity contribution in [2.24, 2.45) is 0 Å². The van der Waals surface area contributed by atoms with Crippen LogP contribution in [-0.4, -0.2) is 42.7 Å². The predicted molar refractivity (Wildman–Crippen MR) is 210 cm³/mol. The van der Waals surface area contributed by atoms with Gasteiger partial charge in [-0.2, -0.15) is 0 Å². The zero-order valence-electron chi connectivity index (χ0n) is 30.3. The van der Waals surface area contributed by atoms with Crippen LogP contribution in [0.5, 0.6) is 34.5 Å². The van der Waals surface area contributed by atoms with E-state index in [1.807, 2.05) is 72.8 Å². The Morgan fingerprint density at radius 2 is 0.434 bits per heavy atom. The Morgan fingerprint density at radius 1 is 0.283 bits per heavy atom. The summed E-state index contributed by atoms with van der Waals surface area (Å²) in [5.74, 6) is 5.14. The number of halogens is 2. The van der Waals surface area contributed by atoms with Crippen molar-refractivity contribution in [1.82, 2.24) is 0 Å². The van der Waals surface area contributed by atoms with Crippen LogP contribution in [-0.2, 0) is 16.8 Å². The van der Waals surface area contributed by atoms with E-state index in [0.29, 0.717) is 0 Å². The van der Waals surface area contributed by atoms with E-state index in [9.17, 15) is 0 Å². The largest absolute Gasteiger partial charge is 2.00 e. The van der Waals surface area contributed by atoms with Crippen molar-refractivity contribution in [3.8, 4) is 34.5 Å². The van der Waals surface area contributed by atoms with Crippen LogP contribution in [0.2, 0.25) is 0 Å². The monoisotopic (exact) mass is 833 g/mol. The van der Waals surface area contributed by atoms with E-state index < -0.39 is 15.8 Å². The van der Waals surface area contributed by atoms with Crippen LogP contribution >= 0.6 is 15.8 Å². The molecule has 0 aliphatic carbocycles. The molecule has 6 aromatic carbocycles. The molecule has 0 N–H and O–H groups in total. The Morgan fingerprint density at radius 3 is 0.566 bits per heavy atom. The first-order valence-corrected chi connectivity index (χ1v) is 18.6. The van der Waals surface area contributed by atoms with Crippen molar-refractivity contribution in [2.45, 2.75) is 0 Å². The first-order valence-electron chi connectivity index (χ1n) is 15.9. The molecule has 53 heavy (non-hydrogen) atoms. The molecule has 0 unspecified atom stereocenters. The number of benzene rings is 6. The van der Waals surface area contributed by atoms with Gasteiger partial charge in [-0.05, 0) is 120 Å². The molecule has 6 rings (SSSR count). The SMILES string of the molecule is COc1cccc(P(c2cccc(OC)c2)c2cccc(OC)c2)c1.COc1cccc(P(c2cccc(OC)c2)c2cccc(OC)c2)c1.[Cl-].[Cl-].[Co+2]. The van der Waals surface area contributed by atoms with Crippen LogP contribution < -0.4 is 85.1 Å². The molecule has 0 spiro atoms. The summed E-state index contributed by atoms with van der Waals surface area (Å²) < 4.78 is 32.6. The van der Waals surface area contributed by atoms with E-state index in [1.165, 1.54) is 31.8 Å². The molecule has 0 atom stereocenters. The fourth-order valence-corrected chi connectivity index (χ4v) is 10.1. The van der Waals surface area contributed by atoms with Crippen LogP contribution in [0.15, 0.2) is 146 Å². The van der Waals surface area contributed by atoms with Crippen LogP contribution in [0.25, 0.3) is 0 Å². The summed E-state index contributed by atoms with van der Waals surface area (Å²) in [4.78, 5) is 0. The van der Waals surface area contributed by atoms with Gasteiger partial charge in [-0.3, -0.25) is 0 Å².